The Bertz CT molecular complexity index is 400. The van der Waals surface area contributed by atoms with Gasteiger partial charge in [-0.25, -0.2) is 4.79 Å². The minimum Gasteiger partial charge on any atom is -0.481 e. The lowest BCUT2D eigenvalue weighted by molar-refractivity contribution is -0.142. The SMILES string of the molecule is CC(C)N1CCC(CNC(=O)N2CCC(C(=O)O)C2C)C1. The lowest BCUT2D eigenvalue weighted by Gasteiger charge is -2.25. The second-order valence-electron chi connectivity index (χ2n) is 6.60. The molecule has 3 atom stereocenters. The summed E-state index contributed by atoms with van der Waals surface area (Å²) in [6.07, 6.45) is 1.67. The minimum absolute atomic E-state index is 0.116. The molecular weight excluding hydrogens is 270 g/mol. The highest BCUT2D eigenvalue weighted by Crippen LogP contribution is 2.24. The predicted octanol–water partition coefficient (Wildman–Crippen LogP) is 1.22. The van der Waals surface area contributed by atoms with Crippen LogP contribution in [0, 0.1) is 11.8 Å². The Kier molecular flexibility index (Phi) is 5.08. The van der Waals surface area contributed by atoms with Crippen LogP contribution in [-0.2, 0) is 4.79 Å². The molecule has 2 aliphatic rings. The van der Waals surface area contributed by atoms with Crippen molar-refractivity contribution >= 4 is 12.0 Å². The van der Waals surface area contributed by atoms with E-state index in [1.807, 2.05) is 6.92 Å². The van der Waals surface area contributed by atoms with Crippen molar-refractivity contribution in [3.05, 3.63) is 0 Å². The quantitative estimate of drug-likeness (QED) is 0.818. The van der Waals surface area contributed by atoms with Crippen LogP contribution in [0.5, 0.6) is 0 Å². The average molecular weight is 297 g/mol. The van der Waals surface area contributed by atoms with E-state index in [1.54, 1.807) is 4.90 Å². The summed E-state index contributed by atoms with van der Waals surface area (Å²) in [6, 6.07) is 0.216. The van der Waals surface area contributed by atoms with Crippen LogP contribution in [0.3, 0.4) is 0 Å². The molecule has 0 radical (unpaired) electrons. The van der Waals surface area contributed by atoms with Gasteiger partial charge in [0.25, 0.3) is 0 Å². The summed E-state index contributed by atoms with van der Waals surface area (Å²) in [5.41, 5.74) is 0. The number of likely N-dealkylation sites (tertiary alicyclic amines) is 2. The first kappa shape index (κ1) is 16.1. The molecule has 0 spiro atoms. The normalized spacial score (nSPS) is 30.1. The van der Waals surface area contributed by atoms with Gasteiger partial charge in [0, 0.05) is 31.7 Å². The van der Waals surface area contributed by atoms with E-state index in [1.165, 1.54) is 0 Å². The van der Waals surface area contributed by atoms with Gasteiger partial charge in [0.2, 0.25) is 0 Å². The summed E-state index contributed by atoms with van der Waals surface area (Å²) < 4.78 is 0. The molecule has 21 heavy (non-hydrogen) atoms. The number of rotatable bonds is 4. The highest BCUT2D eigenvalue weighted by Gasteiger charge is 2.38. The molecule has 120 valence electrons. The topological polar surface area (TPSA) is 72.9 Å². The molecule has 3 unspecified atom stereocenters. The largest absolute Gasteiger partial charge is 0.481 e. The molecule has 0 aromatic heterocycles. The summed E-state index contributed by atoms with van der Waals surface area (Å²) in [6.45, 7) is 9.56. The van der Waals surface area contributed by atoms with E-state index in [0.29, 0.717) is 31.5 Å². The Morgan fingerprint density at radius 2 is 2.00 bits per heavy atom. The summed E-state index contributed by atoms with van der Waals surface area (Å²) in [4.78, 5) is 27.4. The third-order valence-electron chi connectivity index (χ3n) is 4.92. The number of amides is 2. The van der Waals surface area contributed by atoms with Crippen molar-refractivity contribution in [1.82, 2.24) is 15.1 Å². The van der Waals surface area contributed by atoms with Crippen molar-refractivity contribution in [3.63, 3.8) is 0 Å². The summed E-state index contributed by atoms with van der Waals surface area (Å²) in [5.74, 6) is -0.732. The first-order valence-corrected chi connectivity index (χ1v) is 7.91. The number of carbonyl (C=O) groups is 2. The van der Waals surface area contributed by atoms with Gasteiger partial charge in [-0.15, -0.1) is 0 Å². The van der Waals surface area contributed by atoms with Gasteiger partial charge in [-0.3, -0.25) is 4.79 Å². The fourth-order valence-electron chi connectivity index (χ4n) is 3.39. The maximum absolute atomic E-state index is 12.2. The van der Waals surface area contributed by atoms with E-state index < -0.39 is 11.9 Å². The van der Waals surface area contributed by atoms with Gasteiger partial charge in [0.15, 0.2) is 0 Å². The van der Waals surface area contributed by atoms with Crippen LogP contribution < -0.4 is 5.32 Å². The Labute approximate surface area is 126 Å². The van der Waals surface area contributed by atoms with Crippen molar-refractivity contribution in [3.8, 4) is 0 Å². The van der Waals surface area contributed by atoms with E-state index in [4.69, 9.17) is 5.11 Å². The number of aliphatic carboxylic acids is 1. The first-order chi connectivity index (χ1) is 9.90. The predicted molar refractivity (Wildman–Crippen MR) is 80.1 cm³/mol. The smallest absolute Gasteiger partial charge is 0.317 e. The maximum Gasteiger partial charge on any atom is 0.317 e. The summed E-state index contributed by atoms with van der Waals surface area (Å²) in [5, 5.41) is 12.1. The van der Waals surface area contributed by atoms with E-state index >= 15 is 0 Å². The zero-order chi connectivity index (χ0) is 15.6. The third kappa shape index (κ3) is 3.67. The number of carboxylic acids is 1. The first-order valence-electron chi connectivity index (χ1n) is 7.91. The van der Waals surface area contributed by atoms with Gasteiger partial charge >= 0.3 is 12.0 Å². The number of carboxylic acid groups (broad SMARTS) is 1. The van der Waals surface area contributed by atoms with E-state index in [9.17, 15) is 9.59 Å². The lowest BCUT2D eigenvalue weighted by atomic mass is 10.0. The average Bonchev–Trinajstić information content (AvgIpc) is 3.02. The monoisotopic (exact) mass is 297 g/mol. The summed E-state index contributed by atoms with van der Waals surface area (Å²) in [7, 11) is 0. The second-order valence-corrected chi connectivity index (χ2v) is 6.60. The number of hydrogen-bond acceptors (Lipinski definition) is 3. The van der Waals surface area contributed by atoms with Gasteiger partial charge < -0.3 is 20.2 Å². The van der Waals surface area contributed by atoms with E-state index in [2.05, 4.69) is 24.1 Å². The van der Waals surface area contributed by atoms with Gasteiger partial charge in [0.1, 0.15) is 0 Å². The molecule has 2 saturated heterocycles. The van der Waals surface area contributed by atoms with Crippen LogP contribution in [0.2, 0.25) is 0 Å². The van der Waals surface area contributed by atoms with Crippen LogP contribution in [0.25, 0.3) is 0 Å². The Morgan fingerprint density at radius 1 is 1.29 bits per heavy atom. The van der Waals surface area contributed by atoms with Gasteiger partial charge in [0.05, 0.1) is 5.92 Å². The number of carbonyl (C=O) groups excluding carboxylic acids is 1. The molecule has 2 heterocycles. The molecule has 0 bridgehead atoms. The van der Waals surface area contributed by atoms with Gasteiger partial charge in [-0.1, -0.05) is 0 Å². The molecular formula is C15H27N3O3. The molecule has 2 N–H and O–H groups in total. The maximum atomic E-state index is 12.2. The highest BCUT2D eigenvalue weighted by atomic mass is 16.4. The van der Waals surface area contributed by atoms with Crippen molar-refractivity contribution in [2.75, 3.05) is 26.2 Å². The lowest BCUT2D eigenvalue weighted by Crippen LogP contribution is -2.45. The molecule has 0 saturated carbocycles. The van der Waals surface area contributed by atoms with Crippen molar-refractivity contribution < 1.29 is 14.7 Å². The second kappa shape index (κ2) is 6.64. The number of nitrogens with zero attached hydrogens (tertiary/aromatic N) is 2. The number of urea groups is 1. The molecule has 0 aliphatic carbocycles. The van der Waals surface area contributed by atoms with E-state index in [-0.39, 0.29) is 12.1 Å². The Morgan fingerprint density at radius 3 is 2.52 bits per heavy atom. The number of nitrogens with one attached hydrogen (secondary N) is 1. The molecule has 2 aliphatic heterocycles. The van der Waals surface area contributed by atoms with Gasteiger partial charge in [-0.2, -0.15) is 0 Å². The van der Waals surface area contributed by atoms with Crippen LogP contribution in [0.15, 0.2) is 0 Å². The van der Waals surface area contributed by atoms with Crippen molar-refractivity contribution in [2.24, 2.45) is 11.8 Å². The van der Waals surface area contributed by atoms with Crippen LogP contribution in [0.4, 0.5) is 4.79 Å². The van der Waals surface area contributed by atoms with Gasteiger partial charge in [-0.05, 0) is 46.1 Å². The fraction of sp³-hybridized carbons (Fsp3) is 0.867. The third-order valence-corrected chi connectivity index (χ3v) is 4.92. The summed E-state index contributed by atoms with van der Waals surface area (Å²) >= 11 is 0. The van der Waals surface area contributed by atoms with Crippen molar-refractivity contribution in [2.45, 2.75) is 45.7 Å². The van der Waals surface area contributed by atoms with Crippen LogP contribution in [-0.4, -0.2) is 65.2 Å². The number of hydrogen-bond donors (Lipinski definition) is 2. The molecule has 6 nitrogen and oxygen atoms in total. The molecule has 2 amide bonds. The fourth-order valence-corrected chi connectivity index (χ4v) is 3.39. The standard InChI is InChI=1S/C15H27N3O3/c1-10(2)17-6-4-12(9-17)8-16-15(21)18-7-5-13(11(18)3)14(19)20/h10-13H,4-9H2,1-3H3,(H,16,21)(H,19,20). The van der Waals surface area contributed by atoms with Crippen molar-refractivity contribution in [1.29, 1.82) is 0 Å². The molecule has 2 fully saturated rings. The van der Waals surface area contributed by atoms with Crippen LogP contribution >= 0.6 is 0 Å². The molecule has 0 aromatic rings. The zero-order valence-electron chi connectivity index (χ0n) is 13.2. The minimum atomic E-state index is -0.804. The Balaban J connectivity index is 1.77. The van der Waals surface area contributed by atoms with Crippen LogP contribution in [0.1, 0.15) is 33.6 Å². The molecule has 6 heteroatoms. The Hall–Kier alpha value is -1.30. The highest BCUT2D eigenvalue weighted by molar-refractivity contribution is 5.78. The molecule has 0 aromatic carbocycles. The van der Waals surface area contributed by atoms with E-state index in [0.717, 1.165) is 19.5 Å². The zero-order valence-corrected chi connectivity index (χ0v) is 13.2. The molecule has 2 rings (SSSR count).